The van der Waals surface area contributed by atoms with Gasteiger partial charge in [0.2, 0.25) is 0 Å². The number of nitrogens with zero attached hydrogens (tertiary/aromatic N) is 2. The van der Waals surface area contributed by atoms with Crippen molar-refractivity contribution in [3.05, 3.63) is 17.8 Å². The van der Waals surface area contributed by atoms with Gasteiger partial charge in [-0.15, -0.1) is 23.1 Å². The van der Waals surface area contributed by atoms with Gasteiger partial charge in [-0.3, -0.25) is 4.79 Å². The lowest BCUT2D eigenvalue weighted by molar-refractivity contribution is -0.138. The number of rotatable bonds is 5. The smallest absolute Gasteiger partial charge is 0.303 e. The van der Waals surface area contributed by atoms with Crippen LogP contribution in [0, 0.1) is 5.41 Å². The first-order valence-corrected chi connectivity index (χ1v) is 7.58. The first kappa shape index (κ1) is 11.9. The number of carbonyl (C=O) groups is 1. The average molecular weight is 280 g/mol. The lowest BCUT2D eigenvalue weighted by atomic mass is 10.1. The second-order valence-electron chi connectivity index (χ2n) is 4.68. The average Bonchev–Trinajstić information content (AvgIpc) is 2.91. The van der Waals surface area contributed by atoms with Crippen molar-refractivity contribution in [2.24, 2.45) is 5.41 Å². The molecule has 0 atom stereocenters. The van der Waals surface area contributed by atoms with E-state index in [-0.39, 0.29) is 11.8 Å². The number of thioether (sulfide) groups is 1. The third-order valence-corrected chi connectivity index (χ3v) is 5.40. The van der Waals surface area contributed by atoms with Crippen molar-refractivity contribution >= 4 is 39.3 Å². The standard InChI is InChI=1S/C12H12N2O2S2/c15-9(16)5-12(2-3-12)6-18-11-8-1-4-17-10(8)13-7-14-11/h1,4,7H,2-3,5-6H2,(H,15,16). The largest absolute Gasteiger partial charge is 0.481 e. The molecule has 0 aliphatic heterocycles. The van der Waals surface area contributed by atoms with E-state index in [4.69, 9.17) is 5.11 Å². The van der Waals surface area contributed by atoms with E-state index in [0.29, 0.717) is 0 Å². The summed E-state index contributed by atoms with van der Waals surface area (Å²) in [6.45, 7) is 0. The van der Waals surface area contributed by atoms with E-state index in [2.05, 4.69) is 9.97 Å². The molecule has 1 N–H and O–H groups in total. The van der Waals surface area contributed by atoms with Crippen LogP contribution in [0.3, 0.4) is 0 Å². The fraction of sp³-hybridized carbons (Fsp3) is 0.417. The molecule has 1 aliphatic carbocycles. The van der Waals surface area contributed by atoms with Crippen LogP contribution < -0.4 is 0 Å². The molecule has 0 saturated heterocycles. The van der Waals surface area contributed by atoms with Gasteiger partial charge in [0.05, 0.1) is 6.42 Å². The van der Waals surface area contributed by atoms with Crippen molar-refractivity contribution in [3.63, 3.8) is 0 Å². The lowest BCUT2D eigenvalue weighted by Gasteiger charge is -2.11. The molecule has 0 amide bonds. The highest BCUT2D eigenvalue weighted by Gasteiger charge is 2.44. The van der Waals surface area contributed by atoms with Gasteiger partial charge in [0.1, 0.15) is 16.2 Å². The first-order chi connectivity index (χ1) is 8.69. The van der Waals surface area contributed by atoms with E-state index in [9.17, 15) is 4.79 Å². The SMILES string of the molecule is O=C(O)CC1(CSc2ncnc3sccc23)CC1. The summed E-state index contributed by atoms with van der Waals surface area (Å²) in [4.78, 5) is 20.3. The Bertz CT molecular complexity index is 593. The molecule has 94 valence electrons. The van der Waals surface area contributed by atoms with Gasteiger partial charge in [0.15, 0.2) is 0 Å². The predicted octanol–water partition coefficient (Wildman–Crippen LogP) is 3.04. The van der Waals surface area contributed by atoms with Crippen molar-refractivity contribution in [2.75, 3.05) is 5.75 Å². The molecule has 4 nitrogen and oxygen atoms in total. The summed E-state index contributed by atoms with van der Waals surface area (Å²) < 4.78 is 0. The van der Waals surface area contributed by atoms with E-state index >= 15 is 0 Å². The summed E-state index contributed by atoms with van der Waals surface area (Å²) in [5, 5.41) is 13.0. The Labute approximate surface area is 112 Å². The third-order valence-electron chi connectivity index (χ3n) is 3.22. The number of hydrogen-bond acceptors (Lipinski definition) is 5. The van der Waals surface area contributed by atoms with E-state index in [1.807, 2.05) is 11.4 Å². The monoisotopic (exact) mass is 280 g/mol. The Morgan fingerprint density at radius 1 is 1.50 bits per heavy atom. The number of carboxylic acid groups (broad SMARTS) is 1. The lowest BCUT2D eigenvalue weighted by Crippen LogP contribution is -2.11. The summed E-state index contributed by atoms with van der Waals surface area (Å²) in [6, 6.07) is 2.03. The molecule has 0 spiro atoms. The number of hydrogen-bond donors (Lipinski definition) is 1. The molecule has 0 unspecified atom stereocenters. The fourth-order valence-corrected chi connectivity index (χ4v) is 4.05. The molecule has 6 heteroatoms. The van der Waals surface area contributed by atoms with Gasteiger partial charge in [-0.2, -0.15) is 0 Å². The van der Waals surface area contributed by atoms with E-state index in [0.717, 1.165) is 33.8 Å². The Kier molecular flexibility index (Phi) is 2.99. The van der Waals surface area contributed by atoms with Crippen LogP contribution >= 0.6 is 23.1 Å². The van der Waals surface area contributed by atoms with Gasteiger partial charge in [0.25, 0.3) is 0 Å². The molecular weight excluding hydrogens is 268 g/mol. The minimum absolute atomic E-state index is 0.00376. The van der Waals surface area contributed by atoms with Crippen LogP contribution in [0.4, 0.5) is 0 Å². The summed E-state index contributed by atoms with van der Waals surface area (Å²) >= 11 is 3.26. The molecule has 0 radical (unpaired) electrons. The minimum atomic E-state index is -0.698. The number of aromatic nitrogens is 2. The fourth-order valence-electron chi connectivity index (χ4n) is 1.97. The predicted molar refractivity (Wildman–Crippen MR) is 72.1 cm³/mol. The van der Waals surface area contributed by atoms with Crippen molar-refractivity contribution in [2.45, 2.75) is 24.3 Å². The summed E-state index contributed by atoms with van der Waals surface area (Å²) in [5.41, 5.74) is 0.00376. The quantitative estimate of drug-likeness (QED) is 0.673. The Hall–Kier alpha value is -1.14. The number of aliphatic carboxylic acids is 1. The number of carboxylic acids is 1. The molecule has 1 aliphatic rings. The summed E-state index contributed by atoms with van der Waals surface area (Å²) in [6.07, 6.45) is 3.89. The topological polar surface area (TPSA) is 63.1 Å². The molecule has 3 rings (SSSR count). The Morgan fingerprint density at radius 3 is 3.06 bits per heavy atom. The number of fused-ring (bicyclic) bond motifs is 1. The second-order valence-corrected chi connectivity index (χ2v) is 6.54. The molecule has 2 heterocycles. The zero-order valence-corrected chi connectivity index (χ0v) is 11.3. The van der Waals surface area contributed by atoms with Crippen LogP contribution in [0.25, 0.3) is 10.2 Å². The maximum Gasteiger partial charge on any atom is 0.303 e. The van der Waals surface area contributed by atoms with Crippen LogP contribution in [0.5, 0.6) is 0 Å². The number of thiophene rings is 1. The van der Waals surface area contributed by atoms with Crippen molar-refractivity contribution in [1.82, 2.24) is 9.97 Å². The highest BCUT2D eigenvalue weighted by atomic mass is 32.2. The van der Waals surface area contributed by atoms with Crippen molar-refractivity contribution in [3.8, 4) is 0 Å². The van der Waals surface area contributed by atoms with Gasteiger partial charge >= 0.3 is 5.97 Å². The molecule has 0 bridgehead atoms. The summed E-state index contributed by atoms with van der Waals surface area (Å²) in [5.74, 6) is 0.137. The van der Waals surface area contributed by atoms with Gasteiger partial charge in [-0.05, 0) is 29.7 Å². The molecule has 1 fully saturated rings. The normalized spacial score (nSPS) is 16.9. The van der Waals surface area contributed by atoms with Gasteiger partial charge in [-0.1, -0.05) is 0 Å². The Morgan fingerprint density at radius 2 is 2.33 bits per heavy atom. The maximum atomic E-state index is 10.8. The van der Waals surface area contributed by atoms with E-state index in [1.165, 1.54) is 0 Å². The second kappa shape index (κ2) is 4.51. The molecule has 2 aromatic rings. The first-order valence-electron chi connectivity index (χ1n) is 5.71. The Balaban J connectivity index is 1.74. The minimum Gasteiger partial charge on any atom is -0.481 e. The van der Waals surface area contributed by atoms with Crippen LogP contribution in [0.2, 0.25) is 0 Å². The van der Waals surface area contributed by atoms with E-state index in [1.54, 1.807) is 29.4 Å². The van der Waals surface area contributed by atoms with Crippen LogP contribution in [0.15, 0.2) is 22.8 Å². The van der Waals surface area contributed by atoms with Crippen molar-refractivity contribution < 1.29 is 9.90 Å². The molecule has 18 heavy (non-hydrogen) atoms. The molecule has 0 aromatic carbocycles. The van der Waals surface area contributed by atoms with Gasteiger partial charge < -0.3 is 5.11 Å². The van der Waals surface area contributed by atoms with Crippen LogP contribution in [-0.4, -0.2) is 26.8 Å². The van der Waals surface area contributed by atoms with Crippen molar-refractivity contribution in [1.29, 1.82) is 0 Å². The van der Waals surface area contributed by atoms with Gasteiger partial charge in [0, 0.05) is 11.1 Å². The van der Waals surface area contributed by atoms with E-state index < -0.39 is 5.97 Å². The third kappa shape index (κ3) is 2.35. The van der Waals surface area contributed by atoms with Gasteiger partial charge in [-0.25, -0.2) is 9.97 Å². The molecule has 1 saturated carbocycles. The maximum absolute atomic E-state index is 10.8. The highest BCUT2D eigenvalue weighted by molar-refractivity contribution is 7.99. The summed E-state index contributed by atoms with van der Waals surface area (Å²) in [7, 11) is 0. The van der Waals surface area contributed by atoms with Crippen LogP contribution in [-0.2, 0) is 4.79 Å². The molecular formula is C12H12N2O2S2. The highest BCUT2D eigenvalue weighted by Crippen LogP contribution is 2.52. The van der Waals surface area contributed by atoms with Crippen LogP contribution in [0.1, 0.15) is 19.3 Å². The molecule has 2 aromatic heterocycles. The zero-order valence-electron chi connectivity index (χ0n) is 9.63. The zero-order chi connectivity index (χ0) is 12.6.